The Morgan fingerprint density at radius 3 is 2.39 bits per heavy atom. The third-order valence-electron chi connectivity index (χ3n) is 9.13. The number of fused-ring (bicyclic) bond motifs is 2. The van der Waals surface area contributed by atoms with Crippen molar-refractivity contribution in [3.8, 4) is 5.75 Å². The Bertz CT molecular complexity index is 1580. The SMILES string of the molecule is COc1ccc(C(=O)O[C@@H]2C[C@H]3C(=O)N[C@]4(C(=O)NS(=O)(=O)C5CC5)C[C@H]4/C=C\CCCCC[C@H](NC(=O)OC(C)(C)C)C(=O)N3C2)cc1. The maximum Gasteiger partial charge on any atom is 0.408 e. The molecule has 15 heteroatoms. The fourth-order valence-corrected chi connectivity index (χ4v) is 7.61. The average molecular weight is 703 g/mol. The van der Waals surface area contributed by atoms with Crippen LogP contribution in [0.3, 0.4) is 0 Å². The Labute approximate surface area is 286 Å². The first-order valence-electron chi connectivity index (χ1n) is 16.8. The van der Waals surface area contributed by atoms with E-state index in [1.165, 1.54) is 24.1 Å². The average Bonchev–Trinajstić information content (AvgIpc) is 3.95. The second-order valence-corrected chi connectivity index (χ2v) is 16.2. The largest absolute Gasteiger partial charge is 0.497 e. The van der Waals surface area contributed by atoms with Crippen LogP contribution in [-0.4, -0.2) is 91.3 Å². The fraction of sp³-hybridized carbons (Fsp3) is 0.618. The van der Waals surface area contributed by atoms with Crippen molar-refractivity contribution in [3.05, 3.63) is 42.0 Å². The Morgan fingerprint density at radius 2 is 1.73 bits per heavy atom. The lowest BCUT2D eigenvalue weighted by Crippen LogP contribution is -2.58. The second-order valence-electron chi connectivity index (χ2n) is 14.2. The van der Waals surface area contributed by atoms with Crippen molar-refractivity contribution in [2.24, 2.45) is 5.92 Å². The first-order valence-corrected chi connectivity index (χ1v) is 18.4. The molecule has 3 N–H and O–H groups in total. The number of carbonyl (C=O) groups excluding carboxylic acids is 5. The van der Waals surface area contributed by atoms with E-state index in [-0.39, 0.29) is 31.4 Å². The van der Waals surface area contributed by atoms with Gasteiger partial charge >= 0.3 is 12.1 Å². The number of esters is 1. The third-order valence-corrected chi connectivity index (χ3v) is 11.0. The molecule has 0 bridgehead atoms. The molecule has 0 unspecified atom stereocenters. The van der Waals surface area contributed by atoms with E-state index in [0.717, 1.165) is 12.8 Å². The highest BCUT2D eigenvalue weighted by Crippen LogP contribution is 2.46. The second kappa shape index (κ2) is 14.4. The van der Waals surface area contributed by atoms with Gasteiger partial charge in [-0.3, -0.25) is 19.1 Å². The summed E-state index contributed by atoms with van der Waals surface area (Å²) >= 11 is 0. The van der Waals surface area contributed by atoms with E-state index < -0.39 is 80.3 Å². The number of nitrogens with zero attached hydrogens (tertiary/aromatic N) is 1. The first-order chi connectivity index (χ1) is 23.1. The molecule has 268 valence electrons. The van der Waals surface area contributed by atoms with E-state index in [1.54, 1.807) is 32.9 Å². The van der Waals surface area contributed by atoms with Crippen molar-refractivity contribution in [2.75, 3.05) is 13.7 Å². The van der Waals surface area contributed by atoms with Crippen LogP contribution >= 0.6 is 0 Å². The summed E-state index contributed by atoms with van der Waals surface area (Å²) in [6, 6.07) is 4.04. The van der Waals surface area contributed by atoms with Crippen LogP contribution in [0.4, 0.5) is 4.79 Å². The van der Waals surface area contributed by atoms with Crippen LogP contribution in [-0.2, 0) is 33.9 Å². The summed E-state index contributed by atoms with van der Waals surface area (Å²) in [6.07, 6.45) is 6.12. The predicted molar refractivity (Wildman–Crippen MR) is 177 cm³/mol. The van der Waals surface area contributed by atoms with E-state index in [9.17, 15) is 32.4 Å². The number of carbonyl (C=O) groups is 5. The summed E-state index contributed by atoms with van der Waals surface area (Å²) in [6.45, 7) is 4.96. The van der Waals surface area contributed by atoms with Gasteiger partial charge in [0.15, 0.2) is 0 Å². The number of amides is 4. The number of methoxy groups -OCH3 is 1. The molecule has 0 spiro atoms. The molecule has 2 aliphatic heterocycles. The predicted octanol–water partition coefficient (Wildman–Crippen LogP) is 2.72. The van der Waals surface area contributed by atoms with Crippen molar-refractivity contribution in [2.45, 2.75) is 113 Å². The summed E-state index contributed by atoms with van der Waals surface area (Å²) in [5, 5.41) is 4.82. The number of benzene rings is 1. The molecule has 4 amide bonds. The van der Waals surface area contributed by atoms with Gasteiger partial charge in [-0.25, -0.2) is 18.0 Å². The van der Waals surface area contributed by atoms with Crippen LogP contribution in [0.2, 0.25) is 0 Å². The Balaban J connectivity index is 1.42. The van der Waals surface area contributed by atoms with Gasteiger partial charge in [0.1, 0.15) is 35.1 Å². The fourth-order valence-electron chi connectivity index (χ4n) is 6.24. The van der Waals surface area contributed by atoms with E-state index >= 15 is 0 Å². The lowest BCUT2D eigenvalue weighted by atomic mass is 10.0. The molecule has 3 fully saturated rings. The van der Waals surface area contributed by atoms with E-state index in [4.69, 9.17) is 14.2 Å². The van der Waals surface area contributed by atoms with Crippen molar-refractivity contribution in [1.29, 1.82) is 0 Å². The molecule has 0 radical (unpaired) electrons. The molecule has 5 atom stereocenters. The van der Waals surface area contributed by atoms with Crippen molar-refractivity contribution < 1.29 is 46.6 Å². The molecule has 1 aromatic rings. The molecule has 49 heavy (non-hydrogen) atoms. The normalized spacial score (nSPS) is 28.4. The number of hydrogen-bond acceptors (Lipinski definition) is 10. The number of sulfonamides is 1. The molecule has 2 saturated carbocycles. The molecule has 1 aromatic carbocycles. The van der Waals surface area contributed by atoms with E-state index in [2.05, 4.69) is 15.4 Å². The summed E-state index contributed by atoms with van der Waals surface area (Å²) in [5.74, 6) is -2.66. The zero-order valence-electron chi connectivity index (χ0n) is 28.4. The van der Waals surface area contributed by atoms with Crippen LogP contribution in [0.15, 0.2) is 36.4 Å². The molecular weight excluding hydrogens is 656 g/mol. The van der Waals surface area contributed by atoms with Gasteiger partial charge in [0, 0.05) is 12.3 Å². The molecule has 5 rings (SSSR count). The van der Waals surface area contributed by atoms with Gasteiger partial charge in [0.2, 0.25) is 21.8 Å². The van der Waals surface area contributed by atoms with Crippen molar-refractivity contribution in [3.63, 3.8) is 0 Å². The number of hydrogen-bond donors (Lipinski definition) is 3. The Kier molecular flexibility index (Phi) is 10.6. The first kappa shape index (κ1) is 36.1. The van der Waals surface area contributed by atoms with Crippen molar-refractivity contribution >= 4 is 39.8 Å². The topological polar surface area (TPSA) is 187 Å². The molecular formula is C34H46N4O10S. The molecule has 0 aromatic heterocycles. The van der Waals surface area contributed by atoms with Crippen LogP contribution < -0.4 is 20.1 Å². The third kappa shape index (κ3) is 8.91. The number of alkyl carbamates (subject to hydrolysis) is 1. The molecule has 4 aliphatic rings. The lowest BCUT2D eigenvalue weighted by Gasteiger charge is -2.30. The number of ether oxygens (including phenoxy) is 3. The van der Waals surface area contributed by atoms with Gasteiger partial charge in [-0.15, -0.1) is 0 Å². The van der Waals surface area contributed by atoms with Crippen LogP contribution in [0.25, 0.3) is 0 Å². The van der Waals surface area contributed by atoms with Gasteiger partial charge in [-0.05, 0) is 83.6 Å². The smallest absolute Gasteiger partial charge is 0.408 e. The summed E-state index contributed by atoms with van der Waals surface area (Å²) in [4.78, 5) is 69.0. The number of rotatable bonds is 7. The number of nitrogens with one attached hydrogen (secondary N) is 3. The highest BCUT2D eigenvalue weighted by molar-refractivity contribution is 7.91. The van der Waals surface area contributed by atoms with Crippen LogP contribution in [0.1, 0.15) is 88.9 Å². The monoisotopic (exact) mass is 702 g/mol. The van der Waals surface area contributed by atoms with Crippen LogP contribution in [0, 0.1) is 5.92 Å². The van der Waals surface area contributed by atoms with Crippen LogP contribution in [0.5, 0.6) is 5.75 Å². The minimum absolute atomic E-state index is 0.0861. The molecule has 2 heterocycles. The Morgan fingerprint density at radius 1 is 1.02 bits per heavy atom. The highest BCUT2D eigenvalue weighted by atomic mass is 32.2. The molecule has 1 saturated heterocycles. The Hall–Kier alpha value is -4.14. The molecule has 14 nitrogen and oxygen atoms in total. The summed E-state index contributed by atoms with van der Waals surface area (Å²) in [7, 11) is -2.40. The highest BCUT2D eigenvalue weighted by Gasteiger charge is 2.62. The lowest BCUT2D eigenvalue weighted by molar-refractivity contribution is -0.141. The van der Waals surface area contributed by atoms with E-state index in [0.29, 0.717) is 31.4 Å². The minimum Gasteiger partial charge on any atom is -0.497 e. The van der Waals surface area contributed by atoms with Gasteiger partial charge in [-0.2, -0.15) is 0 Å². The zero-order valence-corrected chi connectivity index (χ0v) is 29.2. The quantitative estimate of drug-likeness (QED) is 0.282. The molecule has 2 aliphatic carbocycles. The summed E-state index contributed by atoms with van der Waals surface area (Å²) in [5.41, 5.74) is -2.11. The van der Waals surface area contributed by atoms with Gasteiger partial charge in [0.25, 0.3) is 5.91 Å². The maximum atomic E-state index is 14.2. The summed E-state index contributed by atoms with van der Waals surface area (Å²) < 4.78 is 43.9. The van der Waals surface area contributed by atoms with Crippen molar-refractivity contribution in [1.82, 2.24) is 20.3 Å². The number of allylic oxidation sites excluding steroid dienone is 1. The minimum atomic E-state index is -3.90. The standard InChI is InChI=1S/C34H46N4O10S/c1-33(2,3)48-32(43)35-26-11-9-7-5-6-8-10-22-19-34(22,31(42)37-49(44,45)25-16-17-25)36-28(39)27-18-24(20-38(27)29(26)40)47-30(41)21-12-14-23(46-4)15-13-21/h8,10,12-15,22,24-27H,5-7,9,11,16-20H2,1-4H3,(H,35,43)(H,36,39)(H,37,42)/b10-8-/t22-,24-,26+,27+,34-/m1/s1. The van der Waals surface area contributed by atoms with Gasteiger partial charge in [-0.1, -0.05) is 25.0 Å². The zero-order chi connectivity index (χ0) is 35.6. The van der Waals surface area contributed by atoms with E-state index in [1.807, 2.05) is 12.2 Å². The maximum absolute atomic E-state index is 14.2. The van der Waals surface area contributed by atoms with Gasteiger partial charge < -0.3 is 29.7 Å². The van der Waals surface area contributed by atoms with Gasteiger partial charge in [0.05, 0.1) is 24.5 Å².